The molecule has 1 heterocycles. The lowest BCUT2D eigenvalue weighted by Crippen LogP contribution is -2.08. The summed E-state index contributed by atoms with van der Waals surface area (Å²) in [5.41, 5.74) is 1.62. The fraction of sp³-hybridized carbons (Fsp3) is 0.0833. The van der Waals surface area contributed by atoms with Gasteiger partial charge < -0.3 is 10.1 Å². The van der Waals surface area contributed by atoms with Crippen LogP contribution >= 0.6 is 0 Å². The molecule has 3 nitrogen and oxygen atoms in total. The van der Waals surface area contributed by atoms with Crippen molar-refractivity contribution < 1.29 is 5.11 Å². The van der Waals surface area contributed by atoms with Gasteiger partial charge in [0, 0.05) is 11.8 Å². The van der Waals surface area contributed by atoms with E-state index in [1.807, 2.05) is 30.3 Å². The van der Waals surface area contributed by atoms with Crippen LogP contribution in [-0.4, -0.2) is 10.1 Å². The number of nitrogens with one attached hydrogen (secondary N) is 1. The fourth-order valence-corrected chi connectivity index (χ4v) is 1.46. The molecule has 0 radical (unpaired) electrons. The first-order chi connectivity index (χ1) is 7.20. The van der Waals surface area contributed by atoms with E-state index in [9.17, 15) is 9.90 Å². The summed E-state index contributed by atoms with van der Waals surface area (Å²) in [7, 11) is 0. The molecule has 0 bridgehead atoms. The van der Waals surface area contributed by atoms with Crippen LogP contribution in [0.15, 0.2) is 41.3 Å². The molecular weight excluding hydrogens is 190 g/mol. The minimum atomic E-state index is -0.257. The van der Waals surface area contributed by atoms with Gasteiger partial charge in [0.25, 0.3) is 5.56 Å². The van der Waals surface area contributed by atoms with Crippen molar-refractivity contribution >= 4 is 0 Å². The topological polar surface area (TPSA) is 53.1 Å². The summed E-state index contributed by atoms with van der Waals surface area (Å²) in [5.74, 6) is 0.0463. The smallest absolute Gasteiger partial charge is 0.254 e. The molecule has 2 aromatic rings. The molecule has 0 aliphatic rings. The standard InChI is InChI=1S/C12H11NO2/c1-8-11(14)10(7-13-12(8)15)9-5-3-2-4-6-9/h2-7H,1H3,(H2,13,14,15). The van der Waals surface area contributed by atoms with Crippen LogP contribution in [0.2, 0.25) is 0 Å². The predicted molar refractivity (Wildman–Crippen MR) is 58.9 cm³/mol. The molecule has 0 saturated heterocycles. The maximum atomic E-state index is 11.2. The maximum Gasteiger partial charge on any atom is 0.254 e. The number of rotatable bonds is 1. The first kappa shape index (κ1) is 9.52. The Bertz CT molecular complexity index is 529. The molecule has 0 atom stereocenters. The summed E-state index contributed by atoms with van der Waals surface area (Å²) >= 11 is 0. The molecule has 0 fully saturated rings. The van der Waals surface area contributed by atoms with Gasteiger partial charge in [0.2, 0.25) is 0 Å². The summed E-state index contributed by atoms with van der Waals surface area (Å²) in [4.78, 5) is 13.8. The molecule has 0 saturated carbocycles. The van der Waals surface area contributed by atoms with E-state index in [4.69, 9.17) is 0 Å². The lowest BCUT2D eigenvalue weighted by Gasteiger charge is -2.05. The van der Waals surface area contributed by atoms with Gasteiger partial charge in [0.05, 0.1) is 5.56 Å². The normalized spacial score (nSPS) is 10.2. The van der Waals surface area contributed by atoms with Crippen LogP contribution in [0.3, 0.4) is 0 Å². The average Bonchev–Trinajstić information content (AvgIpc) is 2.27. The highest BCUT2D eigenvalue weighted by Crippen LogP contribution is 2.28. The van der Waals surface area contributed by atoms with Gasteiger partial charge in [-0.3, -0.25) is 4.79 Å². The number of pyridine rings is 1. The van der Waals surface area contributed by atoms with E-state index in [0.717, 1.165) is 5.56 Å². The quantitative estimate of drug-likeness (QED) is 0.742. The number of benzene rings is 1. The number of hydrogen-bond donors (Lipinski definition) is 2. The highest BCUT2D eigenvalue weighted by molar-refractivity contribution is 5.70. The molecule has 0 aliphatic carbocycles. The largest absolute Gasteiger partial charge is 0.507 e. The van der Waals surface area contributed by atoms with Gasteiger partial charge in [-0.05, 0) is 12.5 Å². The van der Waals surface area contributed by atoms with Crippen molar-refractivity contribution in [2.45, 2.75) is 6.92 Å². The SMILES string of the molecule is Cc1c(O)c(-c2ccccc2)c[nH]c1=O. The van der Waals surface area contributed by atoms with Gasteiger partial charge in [-0.2, -0.15) is 0 Å². The Morgan fingerprint density at radius 2 is 1.87 bits per heavy atom. The Balaban J connectivity index is 2.65. The fourth-order valence-electron chi connectivity index (χ4n) is 1.46. The molecule has 0 amide bonds. The zero-order valence-corrected chi connectivity index (χ0v) is 8.32. The minimum absolute atomic E-state index is 0.0463. The predicted octanol–water partition coefficient (Wildman–Crippen LogP) is 2.06. The average molecular weight is 201 g/mol. The lowest BCUT2D eigenvalue weighted by atomic mass is 10.1. The molecule has 0 aliphatic heterocycles. The zero-order chi connectivity index (χ0) is 10.8. The van der Waals surface area contributed by atoms with E-state index in [0.29, 0.717) is 11.1 Å². The van der Waals surface area contributed by atoms with E-state index in [2.05, 4.69) is 4.98 Å². The molecule has 1 aromatic carbocycles. The van der Waals surface area contributed by atoms with Crippen molar-refractivity contribution in [1.82, 2.24) is 4.98 Å². The minimum Gasteiger partial charge on any atom is -0.507 e. The number of hydrogen-bond acceptors (Lipinski definition) is 2. The van der Waals surface area contributed by atoms with Gasteiger partial charge >= 0.3 is 0 Å². The van der Waals surface area contributed by atoms with Gasteiger partial charge in [-0.1, -0.05) is 30.3 Å². The highest BCUT2D eigenvalue weighted by atomic mass is 16.3. The van der Waals surface area contributed by atoms with Crippen LogP contribution in [0.25, 0.3) is 11.1 Å². The van der Waals surface area contributed by atoms with Crippen LogP contribution in [0, 0.1) is 6.92 Å². The monoisotopic (exact) mass is 201 g/mol. The Morgan fingerprint density at radius 1 is 1.20 bits per heavy atom. The molecule has 0 unspecified atom stereocenters. The Hall–Kier alpha value is -2.03. The lowest BCUT2D eigenvalue weighted by molar-refractivity contribution is 0.471. The van der Waals surface area contributed by atoms with Crippen LogP contribution in [0.4, 0.5) is 0 Å². The van der Waals surface area contributed by atoms with Crippen molar-refractivity contribution in [1.29, 1.82) is 0 Å². The third kappa shape index (κ3) is 1.64. The molecule has 2 rings (SSSR count). The van der Waals surface area contributed by atoms with Crippen molar-refractivity contribution in [3.63, 3.8) is 0 Å². The van der Waals surface area contributed by atoms with E-state index < -0.39 is 0 Å². The summed E-state index contributed by atoms with van der Waals surface area (Å²) in [6, 6.07) is 9.43. The van der Waals surface area contributed by atoms with Gasteiger partial charge in [0.15, 0.2) is 0 Å². The molecular formula is C12H11NO2. The van der Waals surface area contributed by atoms with E-state index in [1.165, 1.54) is 6.20 Å². The zero-order valence-electron chi connectivity index (χ0n) is 8.32. The second-order valence-electron chi connectivity index (χ2n) is 3.37. The van der Waals surface area contributed by atoms with Crippen molar-refractivity contribution in [3.8, 4) is 16.9 Å². The maximum absolute atomic E-state index is 11.2. The molecule has 15 heavy (non-hydrogen) atoms. The number of aromatic hydroxyl groups is 1. The first-order valence-corrected chi connectivity index (χ1v) is 4.67. The summed E-state index contributed by atoms with van der Waals surface area (Å²) in [6.45, 7) is 1.60. The van der Waals surface area contributed by atoms with Gasteiger partial charge in [-0.25, -0.2) is 0 Å². The summed E-state index contributed by atoms with van der Waals surface area (Å²) in [5, 5.41) is 9.81. The van der Waals surface area contributed by atoms with E-state index >= 15 is 0 Å². The third-order valence-corrected chi connectivity index (χ3v) is 2.38. The Labute approximate surface area is 87.0 Å². The van der Waals surface area contributed by atoms with Crippen LogP contribution in [-0.2, 0) is 0 Å². The molecule has 0 spiro atoms. The first-order valence-electron chi connectivity index (χ1n) is 4.67. The molecule has 1 aromatic heterocycles. The number of aromatic nitrogens is 1. The second-order valence-corrected chi connectivity index (χ2v) is 3.37. The number of aromatic amines is 1. The Morgan fingerprint density at radius 3 is 2.53 bits per heavy atom. The highest BCUT2D eigenvalue weighted by Gasteiger charge is 2.08. The van der Waals surface area contributed by atoms with Crippen molar-refractivity contribution in [2.75, 3.05) is 0 Å². The molecule has 76 valence electrons. The molecule has 3 heteroatoms. The van der Waals surface area contributed by atoms with Crippen LogP contribution < -0.4 is 5.56 Å². The van der Waals surface area contributed by atoms with E-state index in [1.54, 1.807) is 6.92 Å². The summed E-state index contributed by atoms with van der Waals surface area (Å²) in [6.07, 6.45) is 1.53. The third-order valence-electron chi connectivity index (χ3n) is 2.38. The van der Waals surface area contributed by atoms with Crippen molar-refractivity contribution in [3.05, 3.63) is 52.4 Å². The Kier molecular flexibility index (Phi) is 2.29. The van der Waals surface area contributed by atoms with Gasteiger partial charge in [-0.15, -0.1) is 0 Å². The van der Waals surface area contributed by atoms with Gasteiger partial charge in [0.1, 0.15) is 5.75 Å². The van der Waals surface area contributed by atoms with Crippen LogP contribution in [0.1, 0.15) is 5.56 Å². The van der Waals surface area contributed by atoms with Crippen LogP contribution in [0.5, 0.6) is 5.75 Å². The van der Waals surface area contributed by atoms with Crippen molar-refractivity contribution in [2.24, 2.45) is 0 Å². The summed E-state index contributed by atoms with van der Waals surface area (Å²) < 4.78 is 0. The number of H-pyrrole nitrogens is 1. The second kappa shape index (κ2) is 3.61. The van der Waals surface area contributed by atoms with E-state index in [-0.39, 0.29) is 11.3 Å². The molecule has 2 N–H and O–H groups in total.